The van der Waals surface area contributed by atoms with Crippen LogP contribution < -0.4 is 10.1 Å². The zero-order chi connectivity index (χ0) is 24.1. The van der Waals surface area contributed by atoms with E-state index in [2.05, 4.69) is 15.5 Å². The summed E-state index contributed by atoms with van der Waals surface area (Å²) < 4.78 is 34.9. The van der Waals surface area contributed by atoms with Gasteiger partial charge in [-0.2, -0.15) is 0 Å². The number of hydrogen-bond donors (Lipinski definition) is 1. The molecule has 0 unspecified atom stereocenters. The first kappa shape index (κ1) is 23.4. The second-order valence-electron chi connectivity index (χ2n) is 7.43. The molecule has 174 valence electrons. The molecule has 1 amide bonds. The molecule has 0 aliphatic carbocycles. The van der Waals surface area contributed by atoms with E-state index in [9.17, 15) is 13.6 Å². The maximum absolute atomic E-state index is 14.7. The van der Waals surface area contributed by atoms with Crippen molar-refractivity contribution in [3.8, 4) is 22.8 Å². The Morgan fingerprint density at radius 1 is 1.06 bits per heavy atom. The van der Waals surface area contributed by atoms with Crippen molar-refractivity contribution >= 4 is 17.7 Å². The van der Waals surface area contributed by atoms with Gasteiger partial charge in [-0.15, -0.1) is 10.2 Å². The summed E-state index contributed by atoms with van der Waals surface area (Å²) in [6, 6.07) is 19.9. The fourth-order valence-corrected chi connectivity index (χ4v) is 4.17. The van der Waals surface area contributed by atoms with Crippen LogP contribution in [0.15, 0.2) is 78.0 Å². The van der Waals surface area contributed by atoms with Gasteiger partial charge in [0, 0.05) is 18.2 Å². The van der Waals surface area contributed by atoms with Crippen LogP contribution >= 0.6 is 11.8 Å². The van der Waals surface area contributed by atoms with Crippen LogP contribution in [0.5, 0.6) is 5.75 Å². The van der Waals surface area contributed by atoms with E-state index in [1.807, 2.05) is 54.6 Å². The van der Waals surface area contributed by atoms with E-state index in [1.54, 1.807) is 14.0 Å². The van der Waals surface area contributed by atoms with Gasteiger partial charge in [0.15, 0.2) is 11.0 Å². The number of benzene rings is 3. The first-order chi connectivity index (χ1) is 16.5. The Bertz CT molecular complexity index is 1280. The van der Waals surface area contributed by atoms with Crippen molar-refractivity contribution in [2.45, 2.75) is 23.9 Å². The van der Waals surface area contributed by atoms with Crippen LogP contribution in [0.3, 0.4) is 0 Å². The first-order valence-electron chi connectivity index (χ1n) is 10.5. The van der Waals surface area contributed by atoms with Crippen LogP contribution in [0.4, 0.5) is 8.78 Å². The molecule has 1 N–H and O–H groups in total. The number of thioether (sulfide) groups is 1. The van der Waals surface area contributed by atoms with E-state index in [4.69, 9.17) is 4.74 Å². The highest BCUT2D eigenvalue weighted by Gasteiger charge is 2.23. The number of amides is 1. The normalized spacial score (nSPS) is 11.8. The first-order valence-corrected chi connectivity index (χ1v) is 11.4. The molecule has 4 rings (SSSR count). The lowest BCUT2D eigenvalue weighted by Gasteiger charge is -2.14. The average Bonchev–Trinajstić information content (AvgIpc) is 3.26. The number of ether oxygens (including phenoxy) is 1. The summed E-state index contributed by atoms with van der Waals surface area (Å²) in [5.41, 5.74) is 1.73. The van der Waals surface area contributed by atoms with Gasteiger partial charge < -0.3 is 10.1 Å². The molecule has 1 aromatic heterocycles. The Hall–Kier alpha value is -3.72. The Labute approximate surface area is 200 Å². The number of hydrogen-bond acceptors (Lipinski definition) is 5. The standard InChI is InChI=1S/C25H22F2N4O2S/c1-16(24(32)28-15-17-8-11-20(33-2)12-9-17)34-25-30-29-23(18-6-4-3-5-7-18)31(25)22-13-10-19(26)14-21(22)27/h3-14,16H,15H2,1-2H3,(H,28,32)/t16-/m1/s1. The molecule has 0 saturated carbocycles. The Kier molecular flexibility index (Phi) is 7.22. The summed E-state index contributed by atoms with van der Waals surface area (Å²) in [4.78, 5) is 12.7. The molecule has 1 atom stereocenters. The van der Waals surface area contributed by atoms with Crippen LogP contribution in [0.1, 0.15) is 12.5 Å². The smallest absolute Gasteiger partial charge is 0.233 e. The minimum Gasteiger partial charge on any atom is -0.497 e. The number of nitrogens with one attached hydrogen (secondary N) is 1. The molecule has 1 heterocycles. The molecule has 0 saturated heterocycles. The highest BCUT2D eigenvalue weighted by Crippen LogP contribution is 2.31. The highest BCUT2D eigenvalue weighted by molar-refractivity contribution is 8.00. The number of nitrogens with zero attached hydrogens (tertiary/aromatic N) is 3. The van der Waals surface area contributed by atoms with E-state index < -0.39 is 16.9 Å². The quantitative estimate of drug-likeness (QED) is 0.359. The second-order valence-corrected chi connectivity index (χ2v) is 8.74. The van der Waals surface area contributed by atoms with Gasteiger partial charge in [0.05, 0.1) is 18.0 Å². The molecule has 0 aliphatic heterocycles. The molecule has 0 bridgehead atoms. The van der Waals surface area contributed by atoms with Crippen LogP contribution in [-0.2, 0) is 11.3 Å². The molecule has 0 radical (unpaired) electrons. The van der Waals surface area contributed by atoms with Gasteiger partial charge in [0.2, 0.25) is 5.91 Å². The summed E-state index contributed by atoms with van der Waals surface area (Å²) in [5.74, 6) is -0.525. The minimum atomic E-state index is -0.754. The Morgan fingerprint density at radius 2 is 1.79 bits per heavy atom. The lowest BCUT2D eigenvalue weighted by molar-refractivity contribution is -0.120. The highest BCUT2D eigenvalue weighted by atomic mass is 32.2. The van der Waals surface area contributed by atoms with Crippen LogP contribution in [0.2, 0.25) is 0 Å². The van der Waals surface area contributed by atoms with Crippen molar-refractivity contribution in [2.24, 2.45) is 0 Å². The van der Waals surface area contributed by atoms with Gasteiger partial charge in [-0.3, -0.25) is 9.36 Å². The average molecular weight is 481 g/mol. The molecule has 0 fully saturated rings. The van der Waals surface area contributed by atoms with Crippen LogP contribution in [0.25, 0.3) is 17.1 Å². The number of methoxy groups -OCH3 is 1. The van der Waals surface area contributed by atoms with Gasteiger partial charge >= 0.3 is 0 Å². The third kappa shape index (κ3) is 5.26. The predicted octanol–water partition coefficient (Wildman–Crippen LogP) is 5.02. The van der Waals surface area contributed by atoms with E-state index in [1.165, 1.54) is 16.7 Å². The molecule has 0 spiro atoms. The third-order valence-corrected chi connectivity index (χ3v) is 6.14. The fourth-order valence-electron chi connectivity index (χ4n) is 3.29. The van der Waals surface area contributed by atoms with E-state index in [0.717, 1.165) is 29.1 Å². The zero-order valence-corrected chi connectivity index (χ0v) is 19.4. The van der Waals surface area contributed by atoms with E-state index in [0.29, 0.717) is 23.1 Å². The topological polar surface area (TPSA) is 69.0 Å². The molecule has 4 aromatic rings. The van der Waals surface area contributed by atoms with Crippen molar-refractivity contribution in [3.63, 3.8) is 0 Å². The molecule has 3 aromatic carbocycles. The van der Waals surface area contributed by atoms with Gasteiger partial charge in [0.25, 0.3) is 0 Å². The number of rotatable bonds is 8. The predicted molar refractivity (Wildman–Crippen MR) is 127 cm³/mol. The summed E-state index contributed by atoms with van der Waals surface area (Å²) in [6.07, 6.45) is 0. The van der Waals surface area contributed by atoms with E-state index in [-0.39, 0.29) is 11.6 Å². The second kappa shape index (κ2) is 10.5. The molecule has 9 heteroatoms. The zero-order valence-electron chi connectivity index (χ0n) is 18.5. The van der Waals surface area contributed by atoms with Crippen LogP contribution in [-0.4, -0.2) is 33.0 Å². The number of carbonyl (C=O) groups excluding carboxylic acids is 1. The maximum atomic E-state index is 14.7. The van der Waals surface area contributed by atoms with Crippen LogP contribution in [0, 0.1) is 11.6 Å². The largest absolute Gasteiger partial charge is 0.497 e. The molecule has 34 heavy (non-hydrogen) atoms. The third-order valence-electron chi connectivity index (χ3n) is 5.09. The number of carbonyl (C=O) groups is 1. The lowest BCUT2D eigenvalue weighted by Crippen LogP contribution is -2.30. The SMILES string of the molecule is COc1ccc(CNC(=O)[C@@H](C)Sc2nnc(-c3ccccc3)n2-c2ccc(F)cc2F)cc1. The molecular weight excluding hydrogens is 458 g/mol. The molecular formula is C25H22F2N4O2S. The fraction of sp³-hybridized carbons (Fsp3) is 0.160. The number of halogens is 2. The van der Waals surface area contributed by atoms with E-state index >= 15 is 0 Å². The Morgan fingerprint density at radius 3 is 2.47 bits per heavy atom. The molecule has 6 nitrogen and oxygen atoms in total. The minimum absolute atomic E-state index is 0.0959. The Balaban J connectivity index is 1.57. The van der Waals surface area contributed by atoms with Gasteiger partial charge in [0.1, 0.15) is 17.4 Å². The van der Waals surface area contributed by atoms with Crippen molar-refractivity contribution in [3.05, 3.63) is 90.0 Å². The monoisotopic (exact) mass is 480 g/mol. The van der Waals surface area contributed by atoms with Crippen molar-refractivity contribution in [1.82, 2.24) is 20.1 Å². The summed E-state index contributed by atoms with van der Waals surface area (Å²) in [5, 5.41) is 11.1. The summed E-state index contributed by atoms with van der Waals surface area (Å²) in [7, 11) is 1.59. The maximum Gasteiger partial charge on any atom is 0.233 e. The van der Waals surface area contributed by atoms with Crippen molar-refractivity contribution in [1.29, 1.82) is 0 Å². The summed E-state index contributed by atoms with van der Waals surface area (Å²) in [6.45, 7) is 2.08. The number of aromatic nitrogens is 3. The molecule has 0 aliphatic rings. The van der Waals surface area contributed by atoms with Gasteiger partial charge in [-0.1, -0.05) is 54.2 Å². The van der Waals surface area contributed by atoms with Gasteiger partial charge in [-0.05, 0) is 36.8 Å². The van der Waals surface area contributed by atoms with Crippen molar-refractivity contribution in [2.75, 3.05) is 7.11 Å². The summed E-state index contributed by atoms with van der Waals surface area (Å²) >= 11 is 1.14. The lowest BCUT2D eigenvalue weighted by atomic mass is 10.2. The van der Waals surface area contributed by atoms with Gasteiger partial charge in [-0.25, -0.2) is 8.78 Å². The van der Waals surface area contributed by atoms with Crippen molar-refractivity contribution < 1.29 is 18.3 Å².